The van der Waals surface area contributed by atoms with Gasteiger partial charge in [0.25, 0.3) is 0 Å². The highest BCUT2D eigenvalue weighted by Crippen LogP contribution is 2.18. The predicted molar refractivity (Wildman–Crippen MR) is 88.1 cm³/mol. The van der Waals surface area contributed by atoms with Crippen molar-refractivity contribution in [1.82, 2.24) is 4.90 Å². The zero-order chi connectivity index (χ0) is 15.7. The van der Waals surface area contributed by atoms with Gasteiger partial charge in [0.2, 0.25) is 0 Å². The molecule has 0 atom stereocenters. The summed E-state index contributed by atoms with van der Waals surface area (Å²) in [5, 5.41) is 0. The van der Waals surface area contributed by atoms with E-state index in [9.17, 15) is 0 Å². The van der Waals surface area contributed by atoms with Crippen molar-refractivity contribution in [2.45, 2.75) is 27.2 Å². The molecular weight excluding hydrogens is 264 g/mol. The fourth-order valence-electron chi connectivity index (χ4n) is 2.22. The molecule has 4 nitrogen and oxygen atoms in total. The number of nitrogens with two attached hydrogens (primary N) is 1. The Labute approximate surface area is 129 Å². The van der Waals surface area contributed by atoms with E-state index in [0.717, 1.165) is 37.6 Å². The quantitative estimate of drug-likeness (QED) is 0.721. The lowest BCUT2D eigenvalue weighted by molar-refractivity contribution is 0.154. The smallest absolute Gasteiger partial charge is 0.119 e. The Balaban J connectivity index is 2.41. The third-order valence-electron chi connectivity index (χ3n) is 3.48. The van der Waals surface area contributed by atoms with Crippen LogP contribution in [-0.4, -0.2) is 44.8 Å². The van der Waals surface area contributed by atoms with Gasteiger partial charge in [0, 0.05) is 13.1 Å². The van der Waals surface area contributed by atoms with Crippen molar-refractivity contribution in [3.63, 3.8) is 0 Å². The van der Waals surface area contributed by atoms with Crippen molar-refractivity contribution in [3.8, 4) is 11.5 Å². The van der Waals surface area contributed by atoms with E-state index >= 15 is 0 Å². The highest BCUT2D eigenvalue weighted by atomic mass is 16.5. The molecule has 0 saturated heterocycles. The number of ether oxygens (including phenoxy) is 2. The van der Waals surface area contributed by atoms with Crippen LogP contribution in [0.3, 0.4) is 0 Å². The van der Waals surface area contributed by atoms with Gasteiger partial charge in [0.05, 0.1) is 7.11 Å². The van der Waals surface area contributed by atoms with Crippen molar-refractivity contribution < 1.29 is 9.47 Å². The third kappa shape index (κ3) is 6.82. The van der Waals surface area contributed by atoms with Gasteiger partial charge in [-0.15, -0.1) is 0 Å². The van der Waals surface area contributed by atoms with E-state index in [1.165, 1.54) is 0 Å². The molecule has 1 aromatic carbocycles. The fourth-order valence-corrected chi connectivity index (χ4v) is 2.22. The molecule has 0 saturated carbocycles. The van der Waals surface area contributed by atoms with E-state index in [1.54, 1.807) is 7.11 Å². The first-order valence-corrected chi connectivity index (χ1v) is 7.70. The first-order valence-electron chi connectivity index (χ1n) is 7.70. The molecular formula is C17H30N2O2. The van der Waals surface area contributed by atoms with Gasteiger partial charge >= 0.3 is 0 Å². The molecule has 0 aromatic heterocycles. The van der Waals surface area contributed by atoms with Gasteiger partial charge in [-0.3, -0.25) is 4.90 Å². The van der Waals surface area contributed by atoms with E-state index in [-0.39, 0.29) is 5.41 Å². The van der Waals surface area contributed by atoms with Crippen LogP contribution in [0.5, 0.6) is 11.5 Å². The standard InChI is InChI=1S/C17H30N2O2/c1-5-10-19(14-17(2,3)13-18)11-12-21-16-8-6-15(20-4)7-9-16/h6-9H,5,10-14,18H2,1-4H3. The summed E-state index contributed by atoms with van der Waals surface area (Å²) in [6.07, 6.45) is 1.14. The zero-order valence-corrected chi connectivity index (χ0v) is 13.9. The Morgan fingerprint density at radius 1 is 1.10 bits per heavy atom. The number of rotatable bonds is 10. The SMILES string of the molecule is CCCN(CCOc1ccc(OC)cc1)CC(C)(C)CN. The summed E-state index contributed by atoms with van der Waals surface area (Å²) in [4.78, 5) is 2.43. The van der Waals surface area contributed by atoms with Gasteiger partial charge in [-0.05, 0) is 49.2 Å². The molecule has 120 valence electrons. The van der Waals surface area contributed by atoms with Crippen LogP contribution in [0.1, 0.15) is 27.2 Å². The Kier molecular flexibility index (Phi) is 7.54. The second kappa shape index (κ2) is 8.90. The van der Waals surface area contributed by atoms with Gasteiger partial charge < -0.3 is 15.2 Å². The van der Waals surface area contributed by atoms with E-state index in [1.807, 2.05) is 24.3 Å². The van der Waals surface area contributed by atoms with Crippen LogP contribution in [-0.2, 0) is 0 Å². The summed E-state index contributed by atoms with van der Waals surface area (Å²) in [5.74, 6) is 1.73. The van der Waals surface area contributed by atoms with Gasteiger partial charge in [0.15, 0.2) is 0 Å². The monoisotopic (exact) mass is 294 g/mol. The summed E-state index contributed by atoms with van der Waals surface area (Å²) in [6, 6.07) is 7.70. The van der Waals surface area contributed by atoms with Gasteiger partial charge in [-0.2, -0.15) is 0 Å². The molecule has 2 N–H and O–H groups in total. The summed E-state index contributed by atoms with van der Waals surface area (Å²) in [7, 11) is 1.66. The summed E-state index contributed by atoms with van der Waals surface area (Å²) in [5.41, 5.74) is 5.98. The van der Waals surface area contributed by atoms with E-state index in [4.69, 9.17) is 15.2 Å². The van der Waals surface area contributed by atoms with E-state index < -0.39 is 0 Å². The van der Waals surface area contributed by atoms with Crippen molar-refractivity contribution in [2.75, 3.05) is 39.9 Å². The number of benzene rings is 1. The lowest BCUT2D eigenvalue weighted by atomic mass is 9.93. The minimum Gasteiger partial charge on any atom is -0.497 e. The summed E-state index contributed by atoms with van der Waals surface area (Å²) in [6.45, 7) is 11.0. The van der Waals surface area contributed by atoms with Crippen LogP contribution in [0.2, 0.25) is 0 Å². The lowest BCUT2D eigenvalue weighted by Gasteiger charge is -2.31. The Bertz CT molecular complexity index is 390. The van der Waals surface area contributed by atoms with Crippen molar-refractivity contribution in [1.29, 1.82) is 0 Å². The molecule has 0 unspecified atom stereocenters. The van der Waals surface area contributed by atoms with Crippen LogP contribution in [0, 0.1) is 5.41 Å². The largest absolute Gasteiger partial charge is 0.497 e. The molecule has 1 rings (SSSR count). The molecule has 0 bridgehead atoms. The van der Waals surface area contributed by atoms with Crippen LogP contribution in [0.15, 0.2) is 24.3 Å². The Morgan fingerprint density at radius 3 is 2.24 bits per heavy atom. The molecule has 0 aliphatic carbocycles. The van der Waals surface area contributed by atoms with Gasteiger partial charge in [-0.1, -0.05) is 20.8 Å². The molecule has 0 aliphatic rings. The van der Waals surface area contributed by atoms with Crippen LogP contribution in [0.4, 0.5) is 0 Å². The molecule has 0 fully saturated rings. The molecule has 0 radical (unpaired) electrons. The maximum Gasteiger partial charge on any atom is 0.119 e. The third-order valence-corrected chi connectivity index (χ3v) is 3.48. The predicted octanol–water partition coefficient (Wildman–Crippen LogP) is 2.77. The van der Waals surface area contributed by atoms with Gasteiger partial charge in [0.1, 0.15) is 18.1 Å². The molecule has 1 aromatic rings. The first-order chi connectivity index (χ1) is 10.0. The van der Waals surface area contributed by atoms with Crippen molar-refractivity contribution in [2.24, 2.45) is 11.1 Å². The first kappa shape index (κ1) is 17.8. The van der Waals surface area contributed by atoms with Gasteiger partial charge in [-0.25, -0.2) is 0 Å². The Morgan fingerprint density at radius 2 is 1.71 bits per heavy atom. The number of hydrogen-bond acceptors (Lipinski definition) is 4. The second-order valence-corrected chi connectivity index (χ2v) is 6.17. The second-order valence-electron chi connectivity index (χ2n) is 6.17. The summed E-state index contributed by atoms with van der Waals surface area (Å²) >= 11 is 0. The van der Waals surface area contributed by atoms with E-state index in [2.05, 4.69) is 25.7 Å². The number of hydrogen-bond donors (Lipinski definition) is 1. The van der Waals surface area contributed by atoms with E-state index in [0.29, 0.717) is 13.2 Å². The molecule has 21 heavy (non-hydrogen) atoms. The summed E-state index contributed by atoms with van der Waals surface area (Å²) < 4.78 is 10.9. The number of nitrogens with zero attached hydrogens (tertiary/aromatic N) is 1. The maximum atomic E-state index is 5.83. The zero-order valence-electron chi connectivity index (χ0n) is 13.9. The average molecular weight is 294 g/mol. The fraction of sp³-hybridized carbons (Fsp3) is 0.647. The Hall–Kier alpha value is -1.26. The lowest BCUT2D eigenvalue weighted by Crippen LogP contribution is -2.40. The van der Waals surface area contributed by atoms with Crippen molar-refractivity contribution in [3.05, 3.63) is 24.3 Å². The molecule has 4 heteroatoms. The molecule has 0 spiro atoms. The van der Waals surface area contributed by atoms with Crippen molar-refractivity contribution >= 4 is 0 Å². The number of methoxy groups -OCH3 is 1. The highest BCUT2D eigenvalue weighted by Gasteiger charge is 2.19. The minimum absolute atomic E-state index is 0.148. The average Bonchev–Trinajstić information content (AvgIpc) is 2.48. The normalized spacial score (nSPS) is 11.7. The molecule has 0 amide bonds. The maximum absolute atomic E-state index is 5.83. The molecule has 0 aliphatic heterocycles. The molecule has 0 heterocycles. The van der Waals surface area contributed by atoms with Crippen LogP contribution in [0.25, 0.3) is 0 Å². The van der Waals surface area contributed by atoms with Crippen LogP contribution < -0.4 is 15.2 Å². The highest BCUT2D eigenvalue weighted by molar-refractivity contribution is 5.31. The van der Waals surface area contributed by atoms with Crippen LogP contribution >= 0.6 is 0 Å². The minimum atomic E-state index is 0.148. The topological polar surface area (TPSA) is 47.7 Å².